The van der Waals surface area contributed by atoms with Gasteiger partial charge < -0.3 is 10.2 Å². The molecule has 126 valence electrons. The summed E-state index contributed by atoms with van der Waals surface area (Å²) in [6.07, 6.45) is 14.2. The molecule has 0 fully saturated rings. The Morgan fingerprint density at radius 3 is 2.27 bits per heavy atom. The molecule has 0 saturated heterocycles. The highest BCUT2D eigenvalue weighted by molar-refractivity contribution is 5.84. The van der Waals surface area contributed by atoms with Crippen molar-refractivity contribution in [1.29, 1.82) is 0 Å². The smallest absolute Gasteiger partial charge is 0.303 e. The molecule has 0 radical (unpaired) electrons. The van der Waals surface area contributed by atoms with Gasteiger partial charge >= 0.3 is 5.97 Å². The molecule has 0 saturated carbocycles. The van der Waals surface area contributed by atoms with Gasteiger partial charge in [0.1, 0.15) is 6.10 Å². The molecule has 1 atom stereocenters. The Morgan fingerprint density at radius 2 is 1.59 bits per heavy atom. The molecule has 0 aliphatic rings. The quantitative estimate of drug-likeness (QED) is 0.375. The van der Waals surface area contributed by atoms with E-state index >= 15 is 0 Å². The van der Waals surface area contributed by atoms with Crippen LogP contribution >= 0.6 is 0 Å². The van der Waals surface area contributed by atoms with Crippen molar-refractivity contribution < 1.29 is 19.8 Å². The Morgan fingerprint density at radius 1 is 0.955 bits per heavy atom. The first kappa shape index (κ1) is 20.6. The zero-order chi connectivity index (χ0) is 16.6. The minimum absolute atomic E-state index is 0.124. The average molecular weight is 310 g/mol. The van der Waals surface area contributed by atoms with E-state index in [2.05, 4.69) is 19.1 Å². The Labute approximate surface area is 133 Å². The molecule has 0 amide bonds. The van der Waals surface area contributed by atoms with Crippen LogP contribution in [-0.4, -0.2) is 28.1 Å². The Hall–Kier alpha value is -1.42. The van der Waals surface area contributed by atoms with E-state index in [9.17, 15) is 14.7 Å². The predicted molar refractivity (Wildman–Crippen MR) is 88.8 cm³/mol. The van der Waals surface area contributed by atoms with Crippen molar-refractivity contribution in [3.05, 3.63) is 24.3 Å². The molecule has 0 aliphatic heterocycles. The van der Waals surface area contributed by atoms with Crippen LogP contribution in [0.1, 0.15) is 71.1 Å². The maximum atomic E-state index is 11.7. The van der Waals surface area contributed by atoms with Crippen LogP contribution in [0.25, 0.3) is 0 Å². The Bertz CT molecular complexity index is 358. The van der Waals surface area contributed by atoms with Gasteiger partial charge in [0.2, 0.25) is 0 Å². The number of Topliss-reactive ketones (excluding diaryl/α,β-unsaturated/α-hetero) is 1. The van der Waals surface area contributed by atoms with Gasteiger partial charge in [-0.25, -0.2) is 0 Å². The first-order valence-electron chi connectivity index (χ1n) is 8.30. The fourth-order valence-electron chi connectivity index (χ4n) is 2.08. The number of aliphatic hydroxyl groups excluding tert-OH is 1. The van der Waals surface area contributed by atoms with Gasteiger partial charge in [-0.2, -0.15) is 0 Å². The van der Waals surface area contributed by atoms with Crippen molar-refractivity contribution in [2.24, 2.45) is 0 Å². The lowest BCUT2D eigenvalue weighted by Crippen LogP contribution is -2.19. The third kappa shape index (κ3) is 13.6. The first-order valence-corrected chi connectivity index (χ1v) is 8.30. The number of aliphatic hydroxyl groups is 1. The van der Waals surface area contributed by atoms with Crippen LogP contribution in [0.5, 0.6) is 0 Å². The van der Waals surface area contributed by atoms with Crippen LogP contribution in [0, 0.1) is 0 Å². The van der Waals surface area contributed by atoms with E-state index in [1.807, 2.05) is 12.2 Å². The third-order valence-electron chi connectivity index (χ3n) is 3.40. The maximum absolute atomic E-state index is 11.7. The van der Waals surface area contributed by atoms with Crippen LogP contribution in [0.15, 0.2) is 24.3 Å². The Balaban J connectivity index is 3.57. The maximum Gasteiger partial charge on any atom is 0.303 e. The number of ketones is 1. The van der Waals surface area contributed by atoms with Crippen molar-refractivity contribution in [3.8, 4) is 0 Å². The number of carbonyl (C=O) groups excluding carboxylic acids is 1. The highest BCUT2D eigenvalue weighted by Crippen LogP contribution is 2.10. The van der Waals surface area contributed by atoms with Crippen molar-refractivity contribution in [2.75, 3.05) is 0 Å². The van der Waals surface area contributed by atoms with Crippen molar-refractivity contribution >= 4 is 11.8 Å². The molecule has 0 heterocycles. The molecule has 4 heteroatoms. The number of hydrogen-bond acceptors (Lipinski definition) is 3. The van der Waals surface area contributed by atoms with E-state index in [1.54, 1.807) is 0 Å². The summed E-state index contributed by atoms with van der Waals surface area (Å²) in [7, 11) is 0. The largest absolute Gasteiger partial charge is 0.481 e. The standard InChI is InChI=1S/C18H30O4/c1-2-3-4-5-7-10-13-16(19)17(20)14-11-8-6-9-12-15-18(21)22/h3-4,7,10,17,20H,2,5-6,8-9,11-15H2,1H3,(H,21,22)/t17-/m0/s1. The van der Waals surface area contributed by atoms with Gasteiger partial charge in [0, 0.05) is 12.8 Å². The van der Waals surface area contributed by atoms with Gasteiger partial charge in [0.05, 0.1) is 0 Å². The van der Waals surface area contributed by atoms with Crippen LogP contribution in [0.2, 0.25) is 0 Å². The number of allylic oxidation sites excluding steroid dienone is 4. The van der Waals surface area contributed by atoms with Gasteiger partial charge in [0.15, 0.2) is 5.78 Å². The lowest BCUT2D eigenvalue weighted by Gasteiger charge is -2.07. The van der Waals surface area contributed by atoms with Gasteiger partial charge in [-0.3, -0.25) is 9.59 Å². The number of unbranched alkanes of at least 4 members (excludes halogenated alkanes) is 4. The van der Waals surface area contributed by atoms with E-state index < -0.39 is 12.1 Å². The second-order valence-corrected chi connectivity index (χ2v) is 5.47. The number of carboxylic acids is 1. The van der Waals surface area contributed by atoms with Crippen LogP contribution in [0.4, 0.5) is 0 Å². The van der Waals surface area contributed by atoms with Crippen LogP contribution < -0.4 is 0 Å². The van der Waals surface area contributed by atoms with Gasteiger partial charge in [-0.1, -0.05) is 56.9 Å². The van der Waals surface area contributed by atoms with E-state index in [0.717, 1.165) is 38.5 Å². The number of hydrogen-bond donors (Lipinski definition) is 2. The Kier molecular flexibility index (Phi) is 13.6. The summed E-state index contributed by atoms with van der Waals surface area (Å²) in [6, 6.07) is 0. The number of aliphatic carboxylic acids is 1. The van der Waals surface area contributed by atoms with E-state index in [0.29, 0.717) is 19.3 Å². The van der Waals surface area contributed by atoms with Crippen molar-refractivity contribution in [1.82, 2.24) is 0 Å². The molecule has 0 rings (SSSR count). The minimum Gasteiger partial charge on any atom is -0.481 e. The SMILES string of the molecule is CCC=CCC=CCC(=O)[C@@H](O)CCCCCCCC(=O)O. The monoisotopic (exact) mass is 310 g/mol. The zero-order valence-electron chi connectivity index (χ0n) is 13.7. The summed E-state index contributed by atoms with van der Waals surface area (Å²) in [4.78, 5) is 22.0. The molecule has 22 heavy (non-hydrogen) atoms. The van der Waals surface area contributed by atoms with Gasteiger partial charge in [0.25, 0.3) is 0 Å². The fourth-order valence-corrected chi connectivity index (χ4v) is 2.08. The highest BCUT2D eigenvalue weighted by atomic mass is 16.4. The molecule has 0 aromatic rings. The summed E-state index contributed by atoms with van der Waals surface area (Å²) in [5, 5.41) is 18.3. The summed E-state index contributed by atoms with van der Waals surface area (Å²) in [5.74, 6) is -0.874. The lowest BCUT2D eigenvalue weighted by atomic mass is 10.0. The minimum atomic E-state index is -0.866. The second kappa shape index (κ2) is 14.5. The van der Waals surface area contributed by atoms with Gasteiger partial charge in [-0.05, 0) is 25.7 Å². The molecule has 0 aromatic heterocycles. The van der Waals surface area contributed by atoms with E-state index in [-0.39, 0.29) is 12.2 Å². The van der Waals surface area contributed by atoms with Crippen molar-refractivity contribution in [3.63, 3.8) is 0 Å². The molecular weight excluding hydrogens is 280 g/mol. The molecule has 0 spiro atoms. The average Bonchev–Trinajstić information content (AvgIpc) is 2.49. The van der Waals surface area contributed by atoms with Gasteiger partial charge in [-0.15, -0.1) is 0 Å². The van der Waals surface area contributed by atoms with Crippen LogP contribution in [0.3, 0.4) is 0 Å². The predicted octanol–water partition coefficient (Wildman–Crippen LogP) is 4.03. The normalized spacial score (nSPS) is 13.0. The third-order valence-corrected chi connectivity index (χ3v) is 3.40. The van der Waals surface area contributed by atoms with Crippen LogP contribution in [-0.2, 0) is 9.59 Å². The first-order chi connectivity index (χ1) is 10.6. The topological polar surface area (TPSA) is 74.6 Å². The molecule has 4 nitrogen and oxygen atoms in total. The lowest BCUT2D eigenvalue weighted by molar-refractivity contribution is -0.137. The van der Waals surface area contributed by atoms with Crippen molar-refractivity contribution in [2.45, 2.75) is 77.2 Å². The molecule has 0 unspecified atom stereocenters. The molecule has 0 aromatic carbocycles. The summed E-state index contributed by atoms with van der Waals surface area (Å²) in [5.41, 5.74) is 0. The second-order valence-electron chi connectivity index (χ2n) is 5.47. The van der Waals surface area contributed by atoms with E-state index in [1.165, 1.54) is 0 Å². The number of rotatable bonds is 14. The summed E-state index contributed by atoms with van der Waals surface area (Å²) < 4.78 is 0. The molecular formula is C18H30O4. The number of carbonyl (C=O) groups is 2. The molecule has 0 bridgehead atoms. The zero-order valence-corrected chi connectivity index (χ0v) is 13.7. The summed E-state index contributed by atoms with van der Waals surface area (Å²) in [6.45, 7) is 2.08. The number of carboxylic acid groups (broad SMARTS) is 1. The van der Waals surface area contributed by atoms with E-state index in [4.69, 9.17) is 5.11 Å². The molecule has 0 aliphatic carbocycles. The molecule has 2 N–H and O–H groups in total. The summed E-state index contributed by atoms with van der Waals surface area (Å²) >= 11 is 0. The fraction of sp³-hybridized carbons (Fsp3) is 0.667. The highest BCUT2D eigenvalue weighted by Gasteiger charge is 2.12.